The number of sulfonamides is 1. The van der Waals surface area contributed by atoms with Crippen molar-refractivity contribution < 1.29 is 17.9 Å². The number of carbonyl (C=O) groups is 1. The van der Waals surface area contributed by atoms with Gasteiger partial charge in [-0.15, -0.1) is 11.3 Å². The van der Waals surface area contributed by atoms with Crippen LogP contribution in [0.5, 0.6) is 0 Å². The second kappa shape index (κ2) is 7.72. The van der Waals surface area contributed by atoms with E-state index in [9.17, 15) is 13.2 Å². The minimum Gasteiger partial charge on any atom is -0.457 e. The summed E-state index contributed by atoms with van der Waals surface area (Å²) in [6.07, 6.45) is 1.67. The number of hydrogen-bond acceptors (Lipinski definition) is 5. The third-order valence-electron chi connectivity index (χ3n) is 3.05. The minimum atomic E-state index is -3.18. The zero-order chi connectivity index (χ0) is 16.9. The van der Waals surface area contributed by atoms with Crippen molar-refractivity contribution in [2.45, 2.75) is 20.0 Å². The first-order valence-electron chi connectivity index (χ1n) is 7.09. The zero-order valence-electron chi connectivity index (χ0n) is 13.0. The van der Waals surface area contributed by atoms with Crippen LogP contribution >= 0.6 is 11.3 Å². The van der Waals surface area contributed by atoms with Gasteiger partial charge in [0.25, 0.3) is 0 Å². The maximum absolute atomic E-state index is 12.0. The van der Waals surface area contributed by atoms with Gasteiger partial charge in [-0.1, -0.05) is 29.8 Å². The Hall–Kier alpha value is -1.70. The molecule has 0 atom stereocenters. The van der Waals surface area contributed by atoms with Gasteiger partial charge in [-0.25, -0.2) is 17.9 Å². The smallest absolute Gasteiger partial charge is 0.348 e. The Labute approximate surface area is 140 Å². The first-order chi connectivity index (χ1) is 10.8. The molecule has 1 aromatic carbocycles. The van der Waals surface area contributed by atoms with Gasteiger partial charge in [0, 0.05) is 11.4 Å². The number of ether oxygens (including phenoxy) is 1. The predicted molar refractivity (Wildman–Crippen MR) is 91.2 cm³/mol. The molecular weight excluding hydrogens is 334 g/mol. The molecule has 2 aromatic rings. The maximum Gasteiger partial charge on any atom is 0.348 e. The van der Waals surface area contributed by atoms with Crippen molar-refractivity contribution >= 4 is 27.3 Å². The Bertz CT molecular complexity index is 781. The number of aryl methyl sites for hydroxylation is 1. The van der Waals surface area contributed by atoms with Crippen LogP contribution in [0.3, 0.4) is 0 Å². The SMILES string of the molecule is Cc1cccc(COC(=O)c2ccc(CCNS(C)(=O)=O)s2)c1. The van der Waals surface area contributed by atoms with Gasteiger partial charge in [0.2, 0.25) is 10.0 Å². The molecule has 1 N–H and O–H groups in total. The van der Waals surface area contributed by atoms with Crippen molar-refractivity contribution in [2.75, 3.05) is 12.8 Å². The van der Waals surface area contributed by atoms with Gasteiger partial charge in [-0.05, 0) is 31.0 Å². The quantitative estimate of drug-likeness (QED) is 0.776. The van der Waals surface area contributed by atoms with E-state index in [0.717, 1.165) is 22.3 Å². The van der Waals surface area contributed by atoms with E-state index < -0.39 is 10.0 Å². The number of nitrogens with one attached hydrogen (secondary N) is 1. The number of benzene rings is 1. The molecule has 0 aliphatic heterocycles. The summed E-state index contributed by atoms with van der Waals surface area (Å²) in [6.45, 7) is 2.54. The molecule has 1 aromatic heterocycles. The Balaban J connectivity index is 1.86. The van der Waals surface area contributed by atoms with E-state index in [-0.39, 0.29) is 12.6 Å². The van der Waals surface area contributed by atoms with Crippen LogP contribution in [0.25, 0.3) is 0 Å². The highest BCUT2D eigenvalue weighted by Crippen LogP contribution is 2.18. The van der Waals surface area contributed by atoms with E-state index in [2.05, 4.69) is 4.72 Å². The third kappa shape index (κ3) is 6.13. The van der Waals surface area contributed by atoms with E-state index in [1.165, 1.54) is 11.3 Å². The number of rotatable bonds is 7. The highest BCUT2D eigenvalue weighted by atomic mass is 32.2. The summed E-state index contributed by atoms with van der Waals surface area (Å²) in [6, 6.07) is 11.3. The second-order valence-electron chi connectivity index (χ2n) is 5.25. The molecule has 0 radical (unpaired) electrons. The summed E-state index contributed by atoms with van der Waals surface area (Å²) < 4.78 is 29.7. The molecule has 0 spiro atoms. The number of carbonyl (C=O) groups excluding carboxylic acids is 1. The summed E-state index contributed by atoms with van der Waals surface area (Å²) in [7, 11) is -3.18. The van der Waals surface area contributed by atoms with Crippen molar-refractivity contribution in [3.8, 4) is 0 Å². The number of thiophene rings is 1. The summed E-state index contributed by atoms with van der Waals surface area (Å²) in [4.78, 5) is 13.5. The topological polar surface area (TPSA) is 72.5 Å². The summed E-state index contributed by atoms with van der Waals surface area (Å²) in [5.41, 5.74) is 2.07. The molecule has 5 nitrogen and oxygen atoms in total. The van der Waals surface area contributed by atoms with Gasteiger partial charge in [0.1, 0.15) is 11.5 Å². The maximum atomic E-state index is 12.0. The lowest BCUT2D eigenvalue weighted by Crippen LogP contribution is -2.23. The van der Waals surface area contributed by atoms with E-state index >= 15 is 0 Å². The van der Waals surface area contributed by atoms with E-state index in [1.807, 2.05) is 37.3 Å². The van der Waals surface area contributed by atoms with E-state index in [0.29, 0.717) is 17.8 Å². The summed E-state index contributed by atoms with van der Waals surface area (Å²) in [5.74, 6) is -0.362. The van der Waals surface area contributed by atoms with Crippen LogP contribution in [-0.2, 0) is 27.8 Å². The lowest BCUT2D eigenvalue weighted by Gasteiger charge is -2.04. The molecule has 0 saturated heterocycles. The second-order valence-corrected chi connectivity index (χ2v) is 8.25. The van der Waals surface area contributed by atoms with Crippen LogP contribution in [-0.4, -0.2) is 27.2 Å². The molecule has 1 heterocycles. The molecule has 7 heteroatoms. The lowest BCUT2D eigenvalue weighted by atomic mass is 10.1. The van der Waals surface area contributed by atoms with Crippen molar-refractivity contribution in [2.24, 2.45) is 0 Å². The minimum absolute atomic E-state index is 0.239. The summed E-state index contributed by atoms with van der Waals surface area (Å²) >= 11 is 1.32. The Morgan fingerprint density at radius 3 is 2.74 bits per heavy atom. The molecule has 0 amide bonds. The first kappa shape index (κ1) is 17.7. The van der Waals surface area contributed by atoms with Crippen LogP contribution in [0.15, 0.2) is 36.4 Å². The van der Waals surface area contributed by atoms with Crippen LogP contribution in [0.4, 0.5) is 0 Å². The monoisotopic (exact) mass is 353 g/mol. The van der Waals surface area contributed by atoms with Crippen molar-refractivity contribution in [1.29, 1.82) is 0 Å². The number of hydrogen-bond donors (Lipinski definition) is 1. The molecule has 23 heavy (non-hydrogen) atoms. The van der Waals surface area contributed by atoms with Gasteiger partial charge in [0.05, 0.1) is 6.26 Å². The van der Waals surface area contributed by atoms with Gasteiger partial charge in [-0.3, -0.25) is 0 Å². The Kier molecular flexibility index (Phi) is 5.92. The lowest BCUT2D eigenvalue weighted by molar-refractivity contribution is 0.0478. The number of esters is 1. The van der Waals surface area contributed by atoms with Gasteiger partial charge in [-0.2, -0.15) is 0 Å². The van der Waals surface area contributed by atoms with E-state index in [1.54, 1.807) is 6.07 Å². The fraction of sp³-hybridized carbons (Fsp3) is 0.312. The largest absolute Gasteiger partial charge is 0.457 e. The van der Waals surface area contributed by atoms with Crippen molar-refractivity contribution in [3.05, 3.63) is 57.3 Å². The Morgan fingerprint density at radius 1 is 1.26 bits per heavy atom. The van der Waals surface area contributed by atoms with Crippen LogP contribution in [0.2, 0.25) is 0 Å². The molecule has 0 fully saturated rings. The molecular formula is C16H19NO4S2. The van der Waals surface area contributed by atoms with Gasteiger partial charge < -0.3 is 4.74 Å². The molecule has 2 rings (SSSR count). The van der Waals surface area contributed by atoms with Gasteiger partial charge in [0.15, 0.2) is 0 Å². The molecule has 0 aliphatic carbocycles. The van der Waals surface area contributed by atoms with Gasteiger partial charge >= 0.3 is 5.97 Å². The van der Waals surface area contributed by atoms with Crippen LogP contribution in [0.1, 0.15) is 25.7 Å². The van der Waals surface area contributed by atoms with Crippen molar-refractivity contribution in [3.63, 3.8) is 0 Å². The van der Waals surface area contributed by atoms with Crippen LogP contribution < -0.4 is 4.72 Å². The predicted octanol–water partition coefficient (Wildman–Crippen LogP) is 2.51. The molecule has 0 bridgehead atoms. The molecule has 0 unspecified atom stereocenters. The molecule has 0 aliphatic rings. The first-order valence-corrected chi connectivity index (χ1v) is 9.80. The fourth-order valence-electron chi connectivity index (χ4n) is 2.00. The molecule has 0 saturated carbocycles. The van der Waals surface area contributed by atoms with E-state index in [4.69, 9.17) is 4.74 Å². The fourth-order valence-corrected chi connectivity index (χ4v) is 3.38. The standard InChI is InChI=1S/C16H19NO4S2/c1-12-4-3-5-13(10-12)11-21-16(18)15-7-6-14(22-15)8-9-17-23(2,19)20/h3-7,10,17H,8-9,11H2,1-2H3. The molecule has 124 valence electrons. The highest BCUT2D eigenvalue weighted by molar-refractivity contribution is 7.88. The van der Waals surface area contributed by atoms with Crippen molar-refractivity contribution in [1.82, 2.24) is 4.72 Å². The highest BCUT2D eigenvalue weighted by Gasteiger charge is 2.11. The average Bonchev–Trinajstić information content (AvgIpc) is 2.92. The third-order valence-corrected chi connectivity index (χ3v) is 4.90. The van der Waals surface area contributed by atoms with Crippen LogP contribution in [0, 0.1) is 6.92 Å². The zero-order valence-corrected chi connectivity index (χ0v) is 14.7. The average molecular weight is 353 g/mol. The Morgan fingerprint density at radius 2 is 2.04 bits per heavy atom. The summed E-state index contributed by atoms with van der Waals surface area (Å²) in [5, 5.41) is 0. The normalized spacial score (nSPS) is 11.4.